The molecular formula is C30H26O10. The van der Waals surface area contributed by atoms with E-state index >= 15 is 0 Å². The van der Waals surface area contributed by atoms with Gasteiger partial charge >= 0.3 is 0 Å². The largest absolute Gasteiger partial charge is 0.508 e. The molecule has 0 spiro atoms. The van der Waals surface area contributed by atoms with E-state index in [2.05, 4.69) is 0 Å². The molecule has 2 aliphatic heterocycles. The Morgan fingerprint density at radius 1 is 0.600 bits per heavy atom. The van der Waals surface area contributed by atoms with Gasteiger partial charge in [-0.1, -0.05) is 18.2 Å². The summed E-state index contributed by atoms with van der Waals surface area (Å²) in [5.74, 6) is -2.09. The Morgan fingerprint density at radius 2 is 1.27 bits per heavy atom. The van der Waals surface area contributed by atoms with E-state index in [1.54, 1.807) is 18.2 Å². The number of hydrogen-bond acceptors (Lipinski definition) is 10. The number of rotatable bonds is 3. The molecule has 40 heavy (non-hydrogen) atoms. The van der Waals surface area contributed by atoms with Crippen molar-refractivity contribution in [3.63, 3.8) is 0 Å². The maximum atomic E-state index is 11.1. The van der Waals surface area contributed by atoms with Gasteiger partial charge in [-0.25, -0.2) is 0 Å². The van der Waals surface area contributed by atoms with Crippen molar-refractivity contribution in [1.82, 2.24) is 0 Å². The molecular weight excluding hydrogens is 520 g/mol. The van der Waals surface area contributed by atoms with Crippen molar-refractivity contribution in [3.8, 4) is 62.9 Å². The van der Waals surface area contributed by atoms with Crippen molar-refractivity contribution >= 4 is 0 Å². The third kappa shape index (κ3) is 4.09. The molecule has 0 saturated heterocycles. The zero-order chi connectivity index (χ0) is 28.3. The average molecular weight is 547 g/mol. The van der Waals surface area contributed by atoms with Crippen LogP contribution in [-0.2, 0) is 12.8 Å². The van der Waals surface area contributed by atoms with E-state index < -0.39 is 35.6 Å². The second-order valence-electron chi connectivity index (χ2n) is 9.99. The van der Waals surface area contributed by atoms with Crippen LogP contribution in [0.15, 0.2) is 54.6 Å². The Labute approximate surface area is 227 Å². The molecule has 0 fully saturated rings. The summed E-state index contributed by atoms with van der Waals surface area (Å²) in [6.07, 6.45) is -2.09. The predicted octanol–water partition coefficient (Wildman–Crippen LogP) is 4.40. The van der Waals surface area contributed by atoms with Crippen molar-refractivity contribution < 1.29 is 50.3 Å². The monoisotopic (exact) mass is 546 g/mol. The Morgan fingerprint density at radius 3 is 1.95 bits per heavy atom. The Bertz CT molecular complexity index is 1650. The average Bonchev–Trinajstić information content (AvgIpc) is 2.91. The number of benzene rings is 4. The van der Waals surface area contributed by atoms with Crippen LogP contribution in [0.5, 0.6) is 51.7 Å². The molecule has 6 rings (SSSR count). The lowest BCUT2D eigenvalue weighted by atomic mass is 9.87. The fourth-order valence-corrected chi connectivity index (χ4v) is 5.49. The van der Waals surface area contributed by atoms with Gasteiger partial charge in [-0.3, -0.25) is 0 Å². The van der Waals surface area contributed by atoms with Crippen molar-refractivity contribution in [2.45, 2.75) is 37.6 Å². The van der Waals surface area contributed by atoms with Gasteiger partial charge in [0.1, 0.15) is 52.5 Å². The van der Waals surface area contributed by atoms with Crippen molar-refractivity contribution in [2.75, 3.05) is 0 Å². The summed E-state index contributed by atoms with van der Waals surface area (Å²) in [6.45, 7) is 0. The quantitative estimate of drug-likeness (QED) is 0.172. The Balaban J connectivity index is 1.52. The number of phenols is 7. The SMILES string of the molecule is Oc1cccc([C@@H]2CCc3c(O)cc(O)c(-c4c(O)cc(O)c5c4O[C@H](c4ccc(O)c(O)c4)C(O)C5)c3O2)c1. The van der Waals surface area contributed by atoms with Gasteiger partial charge in [-0.15, -0.1) is 0 Å². The van der Waals surface area contributed by atoms with Gasteiger partial charge in [-0.2, -0.15) is 0 Å². The van der Waals surface area contributed by atoms with Gasteiger partial charge in [0.15, 0.2) is 11.5 Å². The van der Waals surface area contributed by atoms with E-state index in [-0.39, 0.29) is 57.6 Å². The molecule has 0 aromatic heterocycles. The summed E-state index contributed by atoms with van der Waals surface area (Å²) in [7, 11) is 0. The van der Waals surface area contributed by atoms with Crippen LogP contribution in [0.1, 0.15) is 40.9 Å². The van der Waals surface area contributed by atoms with E-state index in [1.807, 2.05) is 0 Å². The number of fused-ring (bicyclic) bond motifs is 2. The lowest BCUT2D eigenvalue weighted by Gasteiger charge is -2.34. The van der Waals surface area contributed by atoms with Crippen molar-refractivity contribution in [2.24, 2.45) is 0 Å². The van der Waals surface area contributed by atoms with Gasteiger partial charge in [0.05, 0.1) is 17.2 Å². The second-order valence-corrected chi connectivity index (χ2v) is 9.99. The number of phenolic OH excluding ortho intramolecular Hbond substituents is 7. The molecule has 4 aromatic carbocycles. The summed E-state index contributed by atoms with van der Waals surface area (Å²) in [5, 5.41) is 84.0. The first-order chi connectivity index (χ1) is 19.1. The summed E-state index contributed by atoms with van der Waals surface area (Å²) in [6, 6.07) is 12.7. The zero-order valence-electron chi connectivity index (χ0n) is 20.9. The molecule has 10 heteroatoms. The topological polar surface area (TPSA) is 180 Å². The van der Waals surface area contributed by atoms with Crippen LogP contribution in [-0.4, -0.2) is 47.0 Å². The second kappa shape index (κ2) is 9.35. The molecule has 2 heterocycles. The highest BCUT2D eigenvalue weighted by molar-refractivity contribution is 5.89. The molecule has 0 amide bonds. The van der Waals surface area contributed by atoms with Gasteiger partial charge in [0.2, 0.25) is 0 Å². The van der Waals surface area contributed by atoms with E-state index in [0.29, 0.717) is 29.5 Å². The van der Waals surface area contributed by atoms with Crippen molar-refractivity contribution in [3.05, 3.63) is 76.9 Å². The van der Waals surface area contributed by atoms with E-state index in [1.165, 1.54) is 24.3 Å². The highest BCUT2D eigenvalue weighted by Gasteiger charge is 2.38. The molecule has 4 aromatic rings. The maximum Gasteiger partial charge on any atom is 0.157 e. The van der Waals surface area contributed by atoms with Crippen LogP contribution in [0.2, 0.25) is 0 Å². The lowest BCUT2D eigenvalue weighted by molar-refractivity contribution is 0.0201. The molecule has 0 radical (unpaired) electrons. The van der Waals surface area contributed by atoms with E-state index in [4.69, 9.17) is 9.47 Å². The number of aliphatic hydroxyl groups is 1. The molecule has 0 saturated carbocycles. The molecule has 1 unspecified atom stereocenters. The highest BCUT2D eigenvalue weighted by Crippen LogP contribution is 2.57. The summed E-state index contributed by atoms with van der Waals surface area (Å²) < 4.78 is 12.4. The molecule has 206 valence electrons. The van der Waals surface area contributed by atoms with Gasteiger partial charge < -0.3 is 50.3 Å². The smallest absolute Gasteiger partial charge is 0.157 e. The molecule has 0 aliphatic carbocycles. The predicted molar refractivity (Wildman–Crippen MR) is 141 cm³/mol. The first-order valence-corrected chi connectivity index (χ1v) is 12.6. The van der Waals surface area contributed by atoms with Gasteiger partial charge in [-0.05, 0) is 48.2 Å². The number of hydrogen-bond donors (Lipinski definition) is 8. The third-order valence-corrected chi connectivity index (χ3v) is 7.42. The minimum atomic E-state index is -1.17. The van der Waals surface area contributed by atoms with Crippen LogP contribution >= 0.6 is 0 Å². The lowest BCUT2D eigenvalue weighted by Crippen LogP contribution is -2.30. The van der Waals surface area contributed by atoms with Crippen LogP contribution in [0.3, 0.4) is 0 Å². The standard InChI is InChI=1S/C30H26O10/c31-15-3-1-2-13(8-15)25-7-5-16-19(33)11-22(36)26(29(16)39-25)27-23(37)12-20(34)17-10-24(38)28(40-30(17)27)14-4-6-18(32)21(35)9-14/h1-4,6,8-9,11-12,24-25,28,31-38H,5,7,10H2/t24?,25-,28+/m0/s1. The molecule has 0 bridgehead atoms. The fraction of sp³-hybridized carbons (Fsp3) is 0.200. The van der Waals surface area contributed by atoms with Crippen LogP contribution < -0.4 is 9.47 Å². The molecule has 10 nitrogen and oxygen atoms in total. The van der Waals surface area contributed by atoms with Gasteiger partial charge in [0, 0.05) is 29.7 Å². The minimum absolute atomic E-state index is 0.00935. The van der Waals surface area contributed by atoms with Crippen molar-refractivity contribution in [1.29, 1.82) is 0 Å². The number of ether oxygens (including phenoxy) is 2. The molecule has 3 atom stereocenters. The number of aromatic hydroxyl groups is 7. The zero-order valence-corrected chi connectivity index (χ0v) is 20.9. The van der Waals surface area contributed by atoms with E-state index in [0.717, 1.165) is 12.1 Å². The van der Waals surface area contributed by atoms with Crippen LogP contribution in [0.4, 0.5) is 0 Å². The summed E-state index contributed by atoms with van der Waals surface area (Å²) >= 11 is 0. The molecule has 8 N–H and O–H groups in total. The normalized spacial score (nSPS) is 19.7. The summed E-state index contributed by atoms with van der Waals surface area (Å²) in [5.41, 5.74) is 1.53. The van der Waals surface area contributed by atoms with E-state index in [9.17, 15) is 40.9 Å². The first-order valence-electron chi connectivity index (χ1n) is 12.6. The first kappa shape index (κ1) is 25.3. The minimum Gasteiger partial charge on any atom is -0.508 e. The van der Waals surface area contributed by atoms with Gasteiger partial charge in [0.25, 0.3) is 0 Å². The Hall–Kier alpha value is -4.96. The van der Waals surface area contributed by atoms with Crippen LogP contribution in [0, 0.1) is 0 Å². The highest BCUT2D eigenvalue weighted by atomic mass is 16.5. The third-order valence-electron chi connectivity index (χ3n) is 7.42. The maximum absolute atomic E-state index is 11.1. The van der Waals surface area contributed by atoms with Crippen LogP contribution in [0.25, 0.3) is 11.1 Å². The Kier molecular flexibility index (Phi) is 5.92. The molecule has 2 aliphatic rings. The summed E-state index contributed by atoms with van der Waals surface area (Å²) in [4.78, 5) is 0. The fourth-order valence-electron chi connectivity index (χ4n) is 5.49. The number of aliphatic hydroxyl groups excluding tert-OH is 1.